The molecule has 1 aromatic heterocycles. The second kappa shape index (κ2) is 17.5. The van der Waals surface area contributed by atoms with Crippen LogP contribution in [0.2, 0.25) is 0 Å². The van der Waals surface area contributed by atoms with Gasteiger partial charge in [0.15, 0.2) is 0 Å². The number of benzene rings is 4. The van der Waals surface area contributed by atoms with Crippen LogP contribution in [-0.2, 0) is 48.7 Å². The van der Waals surface area contributed by atoms with Crippen molar-refractivity contribution in [3.8, 4) is 5.75 Å². The molecule has 0 saturated carbocycles. The normalized spacial score (nSPS) is 12.3. The number of pyridine rings is 1. The summed E-state index contributed by atoms with van der Waals surface area (Å²) in [5.74, 6) is -1.40. The van der Waals surface area contributed by atoms with Crippen molar-refractivity contribution in [1.82, 2.24) is 9.88 Å². The van der Waals surface area contributed by atoms with Crippen LogP contribution in [0.3, 0.4) is 0 Å². The lowest BCUT2D eigenvalue weighted by molar-refractivity contribution is -0.160. The molecule has 11 heteroatoms. The number of ether oxygens (including phenoxy) is 2. The van der Waals surface area contributed by atoms with Crippen molar-refractivity contribution < 1.29 is 28.7 Å². The Balaban J connectivity index is 1.47. The summed E-state index contributed by atoms with van der Waals surface area (Å²) in [6.07, 6.45) is 4.35. The number of methoxy groups -OCH3 is 1. The summed E-state index contributed by atoms with van der Waals surface area (Å²) in [5, 5.41) is 7.75. The van der Waals surface area contributed by atoms with Crippen molar-refractivity contribution in [2.75, 3.05) is 12.4 Å². The van der Waals surface area contributed by atoms with E-state index in [0.717, 1.165) is 27.5 Å². The Morgan fingerprint density at radius 3 is 2.11 bits per heavy atom. The number of nitrogens with two attached hydrogens (primary N) is 1. The molecule has 0 radical (unpaired) electrons. The average molecular weight is 771 g/mol. The molecule has 0 aliphatic carbocycles. The van der Waals surface area contributed by atoms with Crippen molar-refractivity contribution in [2.24, 2.45) is 5.73 Å². The van der Waals surface area contributed by atoms with Gasteiger partial charge < -0.3 is 30.4 Å². The van der Waals surface area contributed by atoms with Gasteiger partial charge in [-0.25, -0.2) is 0 Å². The van der Waals surface area contributed by atoms with Gasteiger partial charge in [-0.05, 0) is 104 Å². The van der Waals surface area contributed by atoms with Crippen molar-refractivity contribution >= 4 is 46.2 Å². The maximum Gasteiger partial charge on any atom is 0.316 e. The Hall–Kier alpha value is -6.49. The third-order valence-corrected chi connectivity index (χ3v) is 9.62. The summed E-state index contributed by atoms with van der Waals surface area (Å²) >= 11 is 0. The van der Waals surface area contributed by atoms with Gasteiger partial charge in [0.05, 0.1) is 25.5 Å². The molecule has 57 heavy (non-hydrogen) atoms. The highest BCUT2D eigenvalue weighted by molar-refractivity contribution is 5.99. The minimum absolute atomic E-state index is 0.0108. The lowest BCUT2D eigenvalue weighted by atomic mass is 9.84. The minimum atomic E-state index is -1.11. The first-order chi connectivity index (χ1) is 26.9. The van der Waals surface area contributed by atoms with Crippen LogP contribution < -0.4 is 26.7 Å². The predicted molar refractivity (Wildman–Crippen MR) is 223 cm³/mol. The number of fused-ring (bicyclic) bond motifs is 1. The Labute approximate surface area is 332 Å². The second-order valence-corrected chi connectivity index (χ2v) is 15.6. The zero-order valence-corrected chi connectivity index (χ0v) is 33.5. The van der Waals surface area contributed by atoms with E-state index in [2.05, 4.69) is 10.6 Å². The second-order valence-electron chi connectivity index (χ2n) is 15.6. The van der Waals surface area contributed by atoms with Crippen molar-refractivity contribution in [2.45, 2.75) is 78.0 Å². The summed E-state index contributed by atoms with van der Waals surface area (Å²) in [6.45, 7) is 10.8. The Morgan fingerprint density at radius 1 is 0.842 bits per heavy atom. The monoisotopic (exact) mass is 770 g/mol. The molecule has 4 aromatic carbocycles. The molecule has 0 aliphatic heterocycles. The summed E-state index contributed by atoms with van der Waals surface area (Å²) in [4.78, 5) is 66.8. The van der Waals surface area contributed by atoms with Crippen LogP contribution in [0.1, 0.15) is 68.0 Å². The molecule has 0 aliphatic rings. The molecule has 1 atom stereocenters. The Morgan fingerprint density at radius 2 is 1.47 bits per heavy atom. The Bertz CT molecular complexity index is 2370. The van der Waals surface area contributed by atoms with Crippen molar-refractivity contribution in [3.63, 3.8) is 0 Å². The summed E-state index contributed by atoms with van der Waals surface area (Å²) in [6, 6.07) is 26.9. The van der Waals surface area contributed by atoms with Gasteiger partial charge in [0.1, 0.15) is 23.1 Å². The zero-order chi connectivity index (χ0) is 41.5. The molecule has 296 valence electrons. The SMILES string of the molecule is COc1ccc(Cn2cc(C=CC(N)=O)c(C)c(NC(=O)[C@@H](Cc3ccc(C(C)(C)C(=O)OC(C)(C)C)cc3)NC(=O)Cc3ccc4ccccc4c3)c2=O)cc1. The van der Waals surface area contributed by atoms with E-state index in [4.69, 9.17) is 15.2 Å². The van der Waals surface area contributed by atoms with Crippen LogP contribution in [0.4, 0.5) is 5.69 Å². The number of aromatic nitrogens is 1. The van der Waals surface area contributed by atoms with Crippen LogP contribution in [-0.4, -0.2) is 47.0 Å². The molecule has 3 amide bonds. The number of anilines is 1. The van der Waals surface area contributed by atoms with Crippen LogP contribution in [0.5, 0.6) is 5.75 Å². The number of hydrogen-bond acceptors (Lipinski definition) is 7. The maximum absolute atomic E-state index is 14.3. The van der Waals surface area contributed by atoms with E-state index in [0.29, 0.717) is 22.4 Å². The first-order valence-corrected chi connectivity index (χ1v) is 18.7. The van der Waals surface area contributed by atoms with Crippen LogP contribution in [0.25, 0.3) is 16.8 Å². The van der Waals surface area contributed by atoms with Gasteiger partial charge in [0, 0.05) is 18.7 Å². The number of hydrogen-bond donors (Lipinski definition) is 3. The van der Waals surface area contributed by atoms with Crippen LogP contribution in [0, 0.1) is 6.92 Å². The van der Waals surface area contributed by atoms with Gasteiger partial charge in [0.2, 0.25) is 17.7 Å². The zero-order valence-electron chi connectivity index (χ0n) is 33.5. The summed E-state index contributed by atoms with van der Waals surface area (Å²) in [5.41, 5.74) is 7.18. The van der Waals surface area contributed by atoms with E-state index in [-0.39, 0.29) is 37.0 Å². The van der Waals surface area contributed by atoms with Gasteiger partial charge in [-0.1, -0.05) is 78.9 Å². The van der Waals surface area contributed by atoms with Crippen LogP contribution >= 0.6 is 0 Å². The van der Waals surface area contributed by atoms with Crippen LogP contribution in [0.15, 0.2) is 108 Å². The van der Waals surface area contributed by atoms with Gasteiger partial charge in [-0.2, -0.15) is 0 Å². The predicted octanol–water partition coefficient (Wildman–Crippen LogP) is 6.39. The van der Waals surface area contributed by atoms with E-state index in [1.54, 1.807) is 58.3 Å². The first-order valence-electron chi connectivity index (χ1n) is 18.7. The highest BCUT2D eigenvalue weighted by Crippen LogP contribution is 2.28. The third kappa shape index (κ3) is 10.8. The molecular formula is C46H50N4O7. The lowest BCUT2D eigenvalue weighted by Crippen LogP contribution is -2.46. The number of amides is 3. The number of rotatable bonds is 14. The number of nitrogens with zero attached hydrogens (tertiary/aromatic N) is 1. The Kier molecular flexibility index (Phi) is 12.8. The van der Waals surface area contributed by atoms with Gasteiger partial charge in [-0.15, -0.1) is 0 Å². The molecule has 0 unspecified atom stereocenters. The van der Waals surface area contributed by atoms with Crippen molar-refractivity contribution in [1.29, 1.82) is 0 Å². The fourth-order valence-corrected chi connectivity index (χ4v) is 6.32. The lowest BCUT2D eigenvalue weighted by Gasteiger charge is -2.29. The largest absolute Gasteiger partial charge is 0.497 e. The van der Waals surface area contributed by atoms with Gasteiger partial charge in [-0.3, -0.25) is 24.0 Å². The number of primary amides is 1. The molecule has 5 aromatic rings. The molecule has 11 nitrogen and oxygen atoms in total. The van der Waals surface area contributed by atoms with Gasteiger partial charge >= 0.3 is 5.97 Å². The highest BCUT2D eigenvalue weighted by atomic mass is 16.6. The molecule has 0 saturated heterocycles. The average Bonchev–Trinajstić information content (AvgIpc) is 3.16. The number of esters is 1. The molecule has 5 rings (SSSR count). The number of carbonyl (C=O) groups is 4. The highest BCUT2D eigenvalue weighted by Gasteiger charge is 2.34. The molecule has 0 bridgehead atoms. The standard InChI is InChI=1S/C46H50N4O7/c1-29-35(18-23-39(47)51)28-50(27-31-15-21-37(56-7)22-16-31)43(54)41(29)49-42(53)38(48-40(52)26-32-12-17-33-10-8-9-11-34(33)24-32)25-30-13-19-36(20-14-30)46(5,6)44(55)57-45(2,3)4/h8-24,28,38H,25-27H2,1-7H3,(H2,47,51)(H,48,52)(H,49,53)/t38-/m1/s1. The van der Waals surface area contributed by atoms with E-state index in [9.17, 15) is 24.0 Å². The molecule has 0 fully saturated rings. The van der Waals surface area contributed by atoms with Gasteiger partial charge in [0.25, 0.3) is 5.56 Å². The topological polar surface area (TPSA) is 159 Å². The minimum Gasteiger partial charge on any atom is -0.497 e. The number of carbonyl (C=O) groups excluding carboxylic acids is 4. The molecule has 4 N–H and O–H groups in total. The molecule has 1 heterocycles. The molecular weight excluding hydrogens is 721 g/mol. The number of nitrogens with one attached hydrogen (secondary N) is 2. The third-order valence-electron chi connectivity index (χ3n) is 9.62. The maximum atomic E-state index is 14.3. The summed E-state index contributed by atoms with van der Waals surface area (Å²) in [7, 11) is 1.56. The molecule has 0 spiro atoms. The smallest absolute Gasteiger partial charge is 0.316 e. The van der Waals surface area contributed by atoms with E-state index >= 15 is 0 Å². The summed E-state index contributed by atoms with van der Waals surface area (Å²) < 4.78 is 12.4. The fourth-order valence-electron chi connectivity index (χ4n) is 6.32. The van der Waals surface area contributed by atoms with E-state index < -0.39 is 34.4 Å². The van der Waals surface area contributed by atoms with E-state index in [1.165, 1.54) is 16.7 Å². The van der Waals surface area contributed by atoms with E-state index in [1.807, 2.05) is 87.5 Å². The quantitative estimate of drug-likeness (QED) is 0.0872. The first kappa shape index (κ1) is 41.7. The van der Waals surface area contributed by atoms with Crippen molar-refractivity contribution in [3.05, 3.63) is 147 Å². The fraction of sp³-hybridized carbons (Fsp3) is 0.283.